The van der Waals surface area contributed by atoms with Gasteiger partial charge < -0.3 is 31.1 Å². The Hall–Kier alpha value is -3.14. The van der Waals surface area contributed by atoms with Crippen molar-refractivity contribution in [2.45, 2.75) is 71.1 Å². The topological polar surface area (TPSA) is 151 Å². The molecule has 0 aliphatic rings. The molecule has 34 heavy (non-hydrogen) atoms. The Bertz CT molecular complexity index is 809. The van der Waals surface area contributed by atoms with Crippen LogP contribution < -0.4 is 16.4 Å². The number of ether oxygens (including phenoxy) is 1. The number of nitrogens with one attached hydrogen (secondary N) is 2. The Morgan fingerprint density at radius 3 is 2.29 bits per heavy atom. The number of benzene rings is 1. The summed E-state index contributed by atoms with van der Waals surface area (Å²) >= 11 is 0. The number of hydrogen-bond acceptors (Lipinski definition) is 6. The van der Waals surface area contributed by atoms with Gasteiger partial charge in [-0.1, -0.05) is 50.1 Å². The number of carbonyl (C=O) groups excluding carboxylic acids is 4. The van der Waals surface area contributed by atoms with Crippen molar-refractivity contribution in [1.29, 1.82) is 0 Å². The van der Waals surface area contributed by atoms with E-state index in [0.717, 1.165) is 24.2 Å². The lowest BCUT2D eigenvalue weighted by atomic mass is 10.0. The third-order valence-electron chi connectivity index (χ3n) is 4.77. The van der Waals surface area contributed by atoms with Gasteiger partial charge >= 0.3 is 6.09 Å². The zero-order valence-electron chi connectivity index (χ0n) is 20.5. The predicted octanol–water partition coefficient (Wildman–Crippen LogP) is 1.62. The number of carbonyl (C=O) groups is 4. The normalized spacial score (nSPS) is 12.9. The summed E-state index contributed by atoms with van der Waals surface area (Å²) in [6.07, 6.45) is 1.30. The largest absolute Gasteiger partial charge is 0.444 e. The molecule has 0 saturated heterocycles. The number of rotatable bonds is 13. The van der Waals surface area contributed by atoms with Crippen LogP contribution in [-0.2, 0) is 19.1 Å². The van der Waals surface area contributed by atoms with Crippen molar-refractivity contribution >= 4 is 23.8 Å². The second-order valence-corrected chi connectivity index (χ2v) is 8.94. The number of unbranched alkanes of at least 4 members (excludes halogenated alkanes) is 2. The first-order chi connectivity index (χ1) is 16.0. The molecule has 10 nitrogen and oxygen atoms in total. The van der Waals surface area contributed by atoms with Crippen LogP contribution in [0.2, 0.25) is 0 Å². The van der Waals surface area contributed by atoms with Gasteiger partial charge in [-0.3, -0.25) is 14.4 Å². The van der Waals surface area contributed by atoms with Crippen LogP contribution in [0.1, 0.15) is 65.0 Å². The van der Waals surface area contributed by atoms with Crippen LogP contribution in [0.3, 0.4) is 0 Å². The molecule has 1 aromatic carbocycles. The van der Waals surface area contributed by atoms with E-state index >= 15 is 0 Å². The van der Waals surface area contributed by atoms with Crippen molar-refractivity contribution in [1.82, 2.24) is 15.5 Å². The van der Waals surface area contributed by atoms with Gasteiger partial charge in [0, 0.05) is 13.1 Å². The van der Waals surface area contributed by atoms with E-state index in [9.17, 15) is 24.3 Å². The Labute approximate surface area is 201 Å². The van der Waals surface area contributed by atoms with Crippen LogP contribution in [0, 0.1) is 0 Å². The van der Waals surface area contributed by atoms with E-state index in [1.54, 1.807) is 51.1 Å². The quantitative estimate of drug-likeness (QED) is 0.316. The second kappa shape index (κ2) is 14.2. The minimum atomic E-state index is -1.38. The monoisotopic (exact) mass is 478 g/mol. The molecule has 2 atom stereocenters. The Morgan fingerprint density at radius 2 is 1.76 bits per heavy atom. The Kier molecular flexibility index (Phi) is 12.1. The molecule has 5 N–H and O–H groups in total. The van der Waals surface area contributed by atoms with Crippen LogP contribution in [0.4, 0.5) is 4.79 Å². The van der Waals surface area contributed by atoms with Gasteiger partial charge in [0.25, 0.3) is 0 Å². The number of nitrogens with two attached hydrogens (primary N) is 1. The van der Waals surface area contributed by atoms with Gasteiger partial charge in [-0.25, -0.2) is 4.79 Å². The fourth-order valence-corrected chi connectivity index (χ4v) is 3.32. The SMILES string of the molecule is CCCCCNC(=O)C(c1ccccc1)N(CCO)C(=O)C(CC(N)=O)NC(=O)OC(C)(C)C. The standard InChI is InChI=1S/C24H38N4O6/c1-5-6-10-13-26-21(31)20(17-11-8-7-9-12-17)28(14-15-29)22(32)18(16-19(25)30)27-23(33)34-24(2,3)4/h7-9,11-12,18,20,29H,5-6,10,13-16H2,1-4H3,(H2,25,30)(H,26,31)(H,27,33). The average Bonchev–Trinajstić information content (AvgIpc) is 2.74. The molecule has 10 heteroatoms. The zero-order valence-corrected chi connectivity index (χ0v) is 20.5. The van der Waals surface area contributed by atoms with Crippen LogP contribution >= 0.6 is 0 Å². The maximum atomic E-state index is 13.5. The minimum Gasteiger partial charge on any atom is -0.444 e. The summed E-state index contributed by atoms with van der Waals surface area (Å²) in [4.78, 5) is 51.9. The van der Waals surface area contributed by atoms with Gasteiger partial charge in [-0.15, -0.1) is 0 Å². The van der Waals surface area contributed by atoms with Crippen molar-refractivity contribution in [3.05, 3.63) is 35.9 Å². The molecule has 1 aromatic rings. The molecule has 4 amide bonds. The van der Waals surface area contributed by atoms with Gasteiger partial charge in [-0.2, -0.15) is 0 Å². The number of hydrogen-bond donors (Lipinski definition) is 4. The highest BCUT2D eigenvalue weighted by Gasteiger charge is 2.36. The minimum absolute atomic E-state index is 0.202. The first-order valence-electron chi connectivity index (χ1n) is 11.5. The van der Waals surface area contributed by atoms with Crippen molar-refractivity contribution < 1.29 is 29.0 Å². The molecule has 0 fully saturated rings. The summed E-state index contributed by atoms with van der Waals surface area (Å²) in [7, 11) is 0. The zero-order chi connectivity index (χ0) is 25.7. The van der Waals surface area contributed by atoms with Gasteiger partial charge in [0.2, 0.25) is 17.7 Å². The molecule has 0 aliphatic carbocycles. The molecule has 0 aromatic heterocycles. The Balaban J connectivity index is 3.28. The molecular weight excluding hydrogens is 440 g/mol. The summed E-state index contributed by atoms with van der Waals surface area (Å²) in [5, 5.41) is 14.9. The first kappa shape index (κ1) is 28.9. The van der Waals surface area contributed by atoms with Gasteiger partial charge in [0.1, 0.15) is 17.7 Å². The molecular formula is C24H38N4O6. The third kappa shape index (κ3) is 10.2. The molecule has 0 radical (unpaired) electrons. The predicted molar refractivity (Wildman–Crippen MR) is 127 cm³/mol. The van der Waals surface area contributed by atoms with E-state index in [1.807, 2.05) is 6.92 Å². The number of aliphatic hydroxyl groups is 1. The molecule has 1 rings (SSSR count). The molecule has 0 aliphatic heterocycles. The first-order valence-corrected chi connectivity index (χ1v) is 11.5. The average molecular weight is 479 g/mol. The van der Waals surface area contributed by atoms with Crippen molar-refractivity contribution in [3.8, 4) is 0 Å². The lowest BCUT2D eigenvalue weighted by Crippen LogP contribution is -2.54. The van der Waals surface area contributed by atoms with E-state index in [0.29, 0.717) is 12.1 Å². The van der Waals surface area contributed by atoms with E-state index < -0.39 is 54.5 Å². The number of alkyl carbamates (subject to hydrolysis) is 1. The van der Waals surface area contributed by atoms with E-state index in [4.69, 9.17) is 10.5 Å². The summed E-state index contributed by atoms with van der Waals surface area (Å²) < 4.78 is 5.21. The second-order valence-electron chi connectivity index (χ2n) is 8.94. The van der Waals surface area contributed by atoms with Crippen LogP contribution in [-0.4, -0.2) is 65.2 Å². The van der Waals surface area contributed by atoms with Crippen LogP contribution in [0.15, 0.2) is 30.3 Å². The Morgan fingerprint density at radius 1 is 1.12 bits per heavy atom. The van der Waals surface area contributed by atoms with Gasteiger partial charge in [0.15, 0.2) is 0 Å². The molecule has 0 saturated carbocycles. The van der Waals surface area contributed by atoms with Crippen LogP contribution in [0.5, 0.6) is 0 Å². The molecule has 190 valence electrons. The maximum absolute atomic E-state index is 13.5. The maximum Gasteiger partial charge on any atom is 0.408 e. The van der Waals surface area contributed by atoms with Gasteiger partial charge in [-0.05, 0) is 32.8 Å². The molecule has 0 heterocycles. The summed E-state index contributed by atoms with van der Waals surface area (Å²) in [6.45, 7) is 6.81. The van der Waals surface area contributed by atoms with Crippen LogP contribution in [0.25, 0.3) is 0 Å². The molecule has 0 spiro atoms. The molecule has 2 unspecified atom stereocenters. The smallest absolute Gasteiger partial charge is 0.408 e. The fourth-order valence-electron chi connectivity index (χ4n) is 3.32. The summed E-state index contributed by atoms with van der Waals surface area (Å²) in [5.74, 6) is -1.99. The number of nitrogens with zero attached hydrogens (tertiary/aromatic N) is 1. The van der Waals surface area contributed by atoms with E-state index in [-0.39, 0.29) is 6.54 Å². The van der Waals surface area contributed by atoms with Crippen molar-refractivity contribution in [2.24, 2.45) is 5.73 Å². The fraction of sp³-hybridized carbons (Fsp3) is 0.583. The highest BCUT2D eigenvalue weighted by molar-refractivity contribution is 5.94. The van der Waals surface area contributed by atoms with E-state index in [1.165, 1.54) is 0 Å². The number of primary amides is 1. The van der Waals surface area contributed by atoms with Crippen molar-refractivity contribution in [2.75, 3.05) is 19.7 Å². The molecule has 0 bridgehead atoms. The van der Waals surface area contributed by atoms with Gasteiger partial charge in [0.05, 0.1) is 13.0 Å². The highest BCUT2D eigenvalue weighted by atomic mass is 16.6. The lowest BCUT2D eigenvalue weighted by Gasteiger charge is -2.34. The summed E-state index contributed by atoms with van der Waals surface area (Å²) in [5.41, 5.74) is 5.01. The number of aliphatic hydroxyl groups excluding tert-OH is 1. The number of amides is 4. The summed E-state index contributed by atoms with van der Waals surface area (Å²) in [6, 6.07) is 6.16. The third-order valence-corrected chi connectivity index (χ3v) is 4.77. The highest BCUT2D eigenvalue weighted by Crippen LogP contribution is 2.23. The van der Waals surface area contributed by atoms with E-state index in [2.05, 4.69) is 10.6 Å². The van der Waals surface area contributed by atoms with Crippen molar-refractivity contribution in [3.63, 3.8) is 0 Å². The lowest BCUT2D eigenvalue weighted by molar-refractivity contribution is -0.143.